The largest absolute Gasteiger partial charge is 0.497 e. The molecule has 1 aromatic carbocycles. The first kappa shape index (κ1) is 11.4. The molecule has 2 atom stereocenters. The Kier molecular flexibility index (Phi) is 2.55. The molecule has 0 saturated carbocycles. The molecule has 2 aliphatic rings. The number of nitrogens with one attached hydrogen (secondary N) is 1. The molecule has 1 aromatic heterocycles. The van der Waals surface area contributed by atoms with E-state index in [4.69, 9.17) is 4.74 Å². The van der Waals surface area contributed by atoms with Crippen LogP contribution in [-0.2, 0) is 6.42 Å². The van der Waals surface area contributed by atoms with E-state index in [1.165, 1.54) is 61.1 Å². The van der Waals surface area contributed by atoms with Crippen molar-refractivity contribution in [3.63, 3.8) is 0 Å². The number of piperidine rings is 1. The summed E-state index contributed by atoms with van der Waals surface area (Å²) in [6, 6.07) is 6.39. The lowest BCUT2D eigenvalue weighted by Crippen LogP contribution is -2.33. The molecular formula is C16H20N2O. The third kappa shape index (κ3) is 1.76. The van der Waals surface area contributed by atoms with Crippen LogP contribution < -0.4 is 4.74 Å². The van der Waals surface area contributed by atoms with Crippen molar-refractivity contribution in [1.29, 1.82) is 0 Å². The topological polar surface area (TPSA) is 28.3 Å². The molecule has 1 N–H and O–H groups in total. The van der Waals surface area contributed by atoms with Crippen LogP contribution in [0.15, 0.2) is 18.2 Å². The molecule has 2 aliphatic heterocycles. The molecule has 2 aromatic rings. The van der Waals surface area contributed by atoms with E-state index >= 15 is 0 Å². The predicted octanol–water partition coefficient (Wildman–Crippen LogP) is 2.91. The van der Waals surface area contributed by atoms with E-state index in [0.717, 1.165) is 5.75 Å². The van der Waals surface area contributed by atoms with Crippen molar-refractivity contribution in [3.05, 3.63) is 29.5 Å². The summed E-state index contributed by atoms with van der Waals surface area (Å²) in [6.45, 7) is 3.71. The minimum absolute atomic E-state index is 0.699. The van der Waals surface area contributed by atoms with Crippen LogP contribution in [0.4, 0.5) is 0 Å². The number of nitrogens with zero attached hydrogens (tertiary/aromatic N) is 1. The van der Waals surface area contributed by atoms with Gasteiger partial charge in [-0.1, -0.05) is 0 Å². The van der Waals surface area contributed by atoms with Gasteiger partial charge in [-0.15, -0.1) is 0 Å². The molecule has 2 unspecified atom stereocenters. The van der Waals surface area contributed by atoms with E-state index < -0.39 is 0 Å². The predicted molar refractivity (Wildman–Crippen MR) is 77.0 cm³/mol. The van der Waals surface area contributed by atoms with Crippen LogP contribution in [0.3, 0.4) is 0 Å². The van der Waals surface area contributed by atoms with E-state index in [1.807, 2.05) is 6.07 Å². The molecule has 0 amide bonds. The van der Waals surface area contributed by atoms with Crippen molar-refractivity contribution in [3.8, 4) is 5.75 Å². The third-order valence-corrected chi connectivity index (χ3v) is 4.74. The number of H-pyrrole nitrogens is 1. The van der Waals surface area contributed by atoms with E-state index in [-0.39, 0.29) is 0 Å². The number of hydrogen-bond acceptors (Lipinski definition) is 2. The molecule has 1 saturated heterocycles. The second-order valence-electron chi connectivity index (χ2n) is 5.82. The molecule has 3 nitrogen and oxygen atoms in total. The summed E-state index contributed by atoms with van der Waals surface area (Å²) in [5.41, 5.74) is 4.29. The summed E-state index contributed by atoms with van der Waals surface area (Å²) >= 11 is 0. The minimum atomic E-state index is 0.699. The molecule has 0 aliphatic carbocycles. The van der Waals surface area contributed by atoms with E-state index in [2.05, 4.69) is 22.0 Å². The fourth-order valence-corrected chi connectivity index (χ4v) is 3.76. The number of ether oxygens (including phenoxy) is 1. The third-order valence-electron chi connectivity index (χ3n) is 4.74. The summed E-state index contributed by atoms with van der Waals surface area (Å²) in [6.07, 6.45) is 3.83. The second-order valence-corrected chi connectivity index (χ2v) is 5.82. The average molecular weight is 256 g/mol. The van der Waals surface area contributed by atoms with Gasteiger partial charge in [0.15, 0.2) is 0 Å². The summed E-state index contributed by atoms with van der Waals surface area (Å²) in [5, 5.41) is 1.36. The van der Waals surface area contributed by atoms with Crippen LogP contribution in [0.2, 0.25) is 0 Å². The van der Waals surface area contributed by atoms with Gasteiger partial charge in [0, 0.05) is 35.6 Å². The van der Waals surface area contributed by atoms with Gasteiger partial charge in [-0.25, -0.2) is 0 Å². The SMILES string of the molecule is COc1ccc2[nH]c3c(c2c1)CCN1CCCC3C1. The molecule has 3 heteroatoms. The van der Waals surface area contributed by atoms with Crippen molar-refractivity contribution < 1.29 is 4.74 Å². The Morgan fingerprint density at radius 2 is 2.26 bits per heavy atom. The first-order valence-electron chi connectivity index (χ1n) is 7.26. The maximum atomic E-state index is 5.38. The van der Waals surface area contributed by atoms with Gasteiger partial charge in [-0.05, 0) is 49.6 Å². The molecule has 3 heterocycles. The first-order chi connectivity index (χ1) is 9.35. The number of aromatic nitrogens is 1. The lowest BCUT2D eigenvalue weighted by atomic mass is 9.93. The Hall–Kier alpha value is -1.48. The highest BCUT2D eigenvalue weighted by Crippen LogP contribution is 2.37. The van der Waals surface area contributed by atoms with Gasteiger partial charge in [0.1, 0.15) is 5.75 Å². The molecule has 1 fully saturated rings. The average Bonchev–Trinajstić information content (AvgIpc) is 2.77. The van der Waals surface area contributed by atoms with Crippen molar-refractivity contribution in [2.75, 3.05) is 26.7 Å². The highest BCUT2D eigenvalue weighted by Gasteiger charge is 2.28. The van der Waals surface area contributed by atoms with E-state index in [9.17, 15) is 0 Å². The van der Waals surface area contributed by atoms with Gasteiger partial charge in [-0.2, -0.15) is 0 Å². The van der Waals surface area contributed by atoms with Crippen molar-refractivity contribution >= 4 is 10.9 Å². The zero-order valence-electron chi connectivity index (χ0n) is 11.4. The Balaban J connectivity index is 1.88. The van der Waals surface area contributed by atoms with Gasteiger partial charge >= 0.3 is 0 Å². The molecular weight excluding hydrogens is 236 g/mol. The highest BCUT2D eigenvalue weighted by atomic mass is 16.5. The normalized spacial score (nSPS) is 25.9. The van der Waals surface area contributed by atoms with Crippen LogP contribution in [0, 0.1) is 0 Å². The Bertz CT molecular complexity index is 616. The van der Waals surface area contributed by atoms with Gasteiger partial charge in [0.05, 0.1) is 7.11 Å². The first-order valence-corrected chi connectivity index (χ1v) is 7.26. The van der Waals surface area contributed by atoms with Crippen LogP contribution in [0.25, 0.3) is 10.9 Å². The van der Waals surface area contributed by atoms with Crippen molar-refractivity contribution in [2.24, 2.45) is 0 Å². The highest BCUT2D eigenvalue weighted by molar-refractivity contribution is 5.86. The number of methoxy groups -OCH3 is 1. The Labute approximate surface area is 113 Å². The maximum absolute atomic E-state index is 5.38. The molecule has 100 valence electrons. The van der Waals surface area contributed by atoms with Gasteiger partial charge in [0.25, 0.3) is 0 Å². The Morgan fingerprint density at radius 3 is 3.16 bits per heavy atom. The van der Waals surface area contributed by atoms with Crippen LogP contribution in [0.5, 0.6) is 5.75 Å². The smallest absolute Gasteiger partial charge is 0.119 e. The molecule has 0 radical (unpaired) electrons. The number of fused-ring (bicyclic) bond motifs is 6. The monoisotopic (exact) mass is 256 g/mol. The molecule has 2 bridgehead atoms. The Morgan fingerprint density at radius 1 is 1.32 bits per heavy atom. The number of aromatic amines is 1. The molecule has 0 spiro atoms. The van der Waals surface area contributed by atoms with Crippen LogP contribution >= 0.6 is 0 Å². The van der Waals surface area contributed by atoms with Crippen LogP contribution in [-0.4, -0.2) is 36.6 Å². The zero-order chi connectivity index (χ0) is 12.8. The van der Waals surface area contributed by atoms with Crippen molar-refractivity contribution in [1.82, 2.24) is 9.88 Å². The number of hydrogen-bond donors (Lipinski definition) is 1. The fraction of sp³-hybridized carbons (Fsp3) is 0.500. The summed E-state index contributed by atoms with van der Waals surface area (Å²) < 4.78 is 5.38. The van der Waals surface area contributed by atoms with Crippen LogP contribution in [0.1, 0.15) is 30.0 Å². The van der Waals surface area contributed by atoms with Gasteiger partial charge in [-0.3, -0.25) is 0 Å². The van der Waals surface area contributed by atoms with Gasteiger partial charge < -0.3 is 14.6 Å². The minimum Gasteiger partial charge on any atom is -0.497 e. The number of benzene rings is 1. The lowest BCUT2D eigenvalue weighted by molar-refractivity contribution is 0.217. The summed E-state index contributed by atoms with van der Waals surface area (Å²) in [7, 11) is 1.74. The summed E-state index contributed by atoms with van der Waals surface area (Å²) in [5.74, 6) is 1.66. The molecule has 19 heavy (non-hydrogen) atoms. The lowest BCUT2D eigenvalue weighted by Gasteiger charge is -2.29. The molecule has 4 rings (SSSR count). The maximum Gasteiger partial charge on any atom is 0.119 e. The van der Waals surface area contributed by atoms with Crippen molar-refractivity contribution in [2.45, 2.75) is 25.2 Å². The number of rotatable bonds is 1. The fourth-order valence-electron chi connectivity index (χ4n) is 3.76. The second kappa shape index (κ2) is 4.27. The van der Waals surface area contributed by atoms with Gasteiger partial charge in [0.2, 0.25) is 0 Å². The quantitative estimate of drug-likeness (QED) is 0.849. The zero-order valence-corrected chi connectivity index (χ0v) is 11.4. The summed E-state index contributed by atoms with van der Waals surface area (Å²) in [4.78, 5) is 6.30. The van der Waals surface area contributed by atoms with E-state index in [0.29, 0.717) is 5.92 Å². The standard InChI is InChI=1S/C16H20N2O/c1-19-12-4-5-15-14(9-12)13-6-8-18-7-2-3-11(10-18)16(13)17-15/h4-5,9,11,17H,2-3,6-8,10H2,1H3. The van der Waals surface area contributed by atoms with E-state index in [1.54, 1.807) is 7.11 Å².